The molecule has 2 amide bonds. The number of nitrogens with zero attached hydrogens (tertiary/aromatic N) is 3. The van der Waals surface area contributed by atoms with E-state index in [1.807, 2.05) is 26.0 Å². The molecule has 4 aliphatic heterocycles. The maximum atomic E-state index is 11.9. The van der Waals surface area contributed by atoms with E-state index < -0.39 is 0 Å². The molecule has 2 saturated heterocycles. The van der Waals surface area contributed by atoms with Crippen molar-refractivity contribution in [3.63, 3.8) is 0 Å². The van der Waals surface area contributed by atoms with Crippen LogP contribution in [0.2, 0.25) is 0 Å². The van der Waals surface area contributed by atoms with E-state index in [1.165, 1.54) is 41.9 Å². The van der Waals surface area contributed by atoms with Crippen LogP contribution in [0.5, 0.6) is 11.5 Å². The molecule has 10 nitrogen and oxygen atoms in total. The molecule has 0 aliphatic carbocycles. The summed E-state index contributed by atoms with van der Waals surface area (Å²) < 4.78 is 6.16. The summed E-state index contributed by atoms with van der Waals surface area (Å²) in [6.45, 7) is 12.9. The van der Waals surface area contributed by atoms with Gasteiger partial charge in [-0.1, -0.05) is 62.4 Å². The second-order valence-electron chi connectivity index (χ2n) is 15.1. The molecule has 57 heavy (non-hydrogen) atoms. The van der Waals surface area contributed by atoms with Crippen LogP contribution in [0.25, 0.3) is 0 Å². The Balaban J connectivity index is 0.000000443. The molecule has 2 unspecified atom stereocenters. The minimum atomic E-state index is -0.00292. The van der Waals surface area contributed by atoms with Crippen molar-refractivity contribution in [1.29, 1.82) is 0 Å². The van der Waals surface area contributed by atoms with Crippen LogP contribution in [0.1, 0.15) is 90.4 Å². The van der Waals surface area contributed by atoms with Gasteiger partial charge in [0.2, 0.25) is 5.91 Å². The lowest BCUT2D eigenvalue weighted by Crippen LogP contribution is -2.49. The molecule has 4 aromatic rings. The van der Waals surface area contributed by atoms with Crippen molar-refractivity contribution in [1.82, 2.24) is 15.5 Å². The van der Waals surface area contributed by atoms with Crippen LogP contribution in [-0.4, -0.2) is 87.6 Å². The van der Waals surface area contributed by atoms with Gasteiger partial charge in [-0.15, -0.1) is 0 Å². The van der Waals surface area contributed by atoms with E-state index in [9.17, 15) is 19.5 Å². The number of piperidine rings is 1. The van der Waals surface area contributed by atoms with E-state index in [-0.39, 0.29) is 29.4 Å². The number of carbonyl (C=O) groups is 3. The second kappa shape index (κ2) is 20.2. The van der Waals surface area contributed by atoms with Crippen LogP contribution in [0.3, 0.4) is 0 Å². The first-order valence-electron chi connectivity index (χ1n) is 20.8. The van der Waals surface area contributed by atoms with Gasteiger partial charge in [-0.2, -0.15) is 0 Å². The molecule has 4 heterocycles. The van der Waals surface area contributed by atoms with Crippen LogP contribution in [0.4, 0.5) is 11.4 Å². The Bertz CT molecular complexity index is 1920. The molecule has 0 radical (unpaired) electrons. The zero-order valence-electron chi connectivity index (χ0n) is 33.8. The Morgan fingerprint density at radius 3 is 2.26 bits per heavy atom. The number of benzene rings is 4. The predicted octanol–water partition coefficient (Wildman–Crippen LogP) is 7.11. The molecule has 0 bridgehead atoms. The largest absolute Gasteiger partial charge is 0.508 e. The highest BCUT2D eigenvalue weighted by atomic mass is 16.5. The first kappa shape index (κ1) is 41.3. The smallest absolute Gasteiger partial charge is 0.251 e. The highest BCUT2D eigenvalue weighted by molar-refractivity contribution is 5.98. The molecule has 302 valence electrons. The Morgan fingerprint density at radius 2 is 1.56 bits per heavy atom. The third-order valence-corrected chi connectivity index (χ3v) is 11.6. The Morgan fingerprint density at radius 1 is 0.860 bits per heavy atom. The third-order valence-electron chi connectivity index (χ3n) is 11.6. The molecule has 10 heteroatoms. The number of carbonyl (C=O) groups excluding carboxylic acids is 3. The van der Waals surface area contributed by atoms with Gasteiger partial charge in [-0.05, 0) is 78.3 Å². The van der Waals surface area contributed by atoms with E-state index >= 15 is 0 Å². The molecule has 0 aromatic heterocycles. The summed E-state index contributed by atoms with van der Waals surface area (Å²) in [5, 5.41) is 15.5. The number of piperazine rings is 1. The van der Waals surface area contributed by atoms with E-state index in [0.717, 1.165) is 73.9 Å². The van der Waals surface area contributed by atoms with Crippen molar-refractivity contribution >= 4 is 29.5 Å². The SMILES string of the molecule is CC.CNC(=O)CCCC=O.O=C1NCc2cc(N3CCN(CC4CCN(c5ccc(C6c7ccc(O)cc7OCC6c6ccccc6)cc5)CC4)CC3)ccc21. The van der Waals surface area contributed by atoms with Crippen molar-refractivity contribution in [3.8, 4) is 11.5 Å². The van der Waals surface area contributed by atoms with Crippen molar-refractivity contribution in [2.24, 2.45) is 5.92 Å². The predicted molar refractivity (Wildman–Crippen MR) is 228 cm³/mol. The Kier molecular flexibility index (Phi) is 14.6. The lowest BCUT2D eigenvalue weighted by molar-refractivity contribution is -0.120. The van der Waals surface area contributed by atoms with Gasteiger partial charge >= 0.3 is 0 Å². The number of anilines is 2. The minimum Gasteiger partial charge on any atom is -0.508 e. The van der Waals surface area contributed by atoms with Crippen molar-refractivity contribution in [2.75, 3.05) is 69.3 Å². The number of hydrogen-bond donors (Lipinski definition) is 3. The first-order valence-corrected chi connectivity index (χ1v) is 20.8. The Hall–Kier alpha value is -5.35. The van der Waals surface area contributed by atoms with E-state index in [4.69, 9.17) is 4.74 Å². The summed E-state index contributed by atoms with van der Waals surface area (Å²) >= 11 is 0. The number of hydrogen-bond acceptors (Lipinski definition) is 8. The lowest BCUT2D eigenvalue weighted by atomic mass is 9.76. The van der Waals surface area contributed by atoms with E-state index in [1.54, 1.807) is 19.2 Å². The van der Waals surface area contributed by atoms with Crippen molar-refractivity contribution in [3.05, 3.63) is 119 Å². The van der Waals surface area contributed by atoms with E-state index in [0.29, 0.717) is 32.4 Å². The highest BCUT2D eigenvalue weighted by Gasteiger charge is 2.34. The normalized spacial score (nSPS) is 19.0. The number of unbranched alkanes of at least 4 members (excludes halogenated alkanes) is 1. The fourth-order valence-electron chi connectivity index (χ4n) is 8.50. The minimum absolute atomic E-state index is 0.00292. The summed E-state index contributed by atoms with van der Waals surface area (Å²) in [7, 11) is 1.59. The molecule has 8 rings (SSSR count). The zero-order valence-corrected chi connectivity index (χ0v) is 33.8. The molecular formula is C47H59N5O5. The van der Waals surface area contributed by atoms with E-state index in [2.05, 4.69) is 92.1 Å². The van der Waals surface area contributed by atoms with Crippen molar-refractivity contribution < 1.29 is 24.2 Å². The van der Waals surface area contributed by atoms with Crippen LogP contribution >= 0.6 is 0 Å². The van der Waals surface area contributed by atoms with Gasteiger partial charge in [-0.3, -0.25) is 14.5 Å². The van der Waals surface area contributed by atoms with Gasteiger partial charge in [0.05, 0.1) is 6.61 Å². The number of nitrogens with one attached hydrogen (secondary N) is 2. The number of amides is 2. The van der Waals surface area contributed by atoms with Crippen LogP contribution in [0, 0.1) is 5.92 Å². The Labute approximate surface area is 338 Å². The number of ether oxygens (including phenoxy) is 1. The summed E-state index contributed by atoms with van der Waals surface area (Å²) in [4.78, 5) is 39.8. The molecular weight excluding hydrogens is 715 g/mol. The topological polar surface area (TPSA) is 114 Å². The molecule has 0 saturated carbocycles. The van der Waals surface area contributed by atoms with Gasteiger partial charge < -0.3 is 35.1 Å². The van der Waals surface area contributed by atoms with Gasteiger partial charge in [0.15, 0.2) is 0 Å². The monoisotopic (exact) mass is 773 g/mol. The average Bonchev–Trinajstić information content (AvgIpc) is 3.64. The standard InChI is InChI=1S/C39H42N4O3.C6H11NO2.C2H6/c44-33-11-13-35-37(23-33)46-26-36(28-4-2-1-3-5-28)38(35)29-6-8-31(9-7-29)42-16-14-27(15-17-42)25-41-18-20-43(21-19-41)32-10-12-34-30(22-32)24-40-39(34)45;1-7-6(9)4-2-3-5-8;1-2/h1-13,22-23,27,36,38,44H,14-21,24-26H2,(H,40,45);5H,2-4H2,1H3,(H,7,9);1-2H3. The first-order chi connectivity index (χ1) is 27.9. The highest BCUT2D eigenvalue weighted by Crippen LogP contribution is 2.47. The molecule has 2 atom stereocenters. The quantitative estimate of drug-likeness (QED) is 0.116. The molecule has 4 aliphatic rings. The summed E-state index contributed by atoms with van der Waals surface area (Å²) in [5.74, 6) is 2.18. The van der Waals surface area contributed by atoms with Crippen molar-refractivity contribution in [2.45, 2.75) is 64.3 Å². The molecule has 4 aromatic carbocycles. The fraction of sp³-hybridized carbons (Fsp3) is 0.426. The van der Waals surface area contributed by atoms with Gasteiger partial charge in [0.25, 0.3) is 5.91 Å². The zero-order chi connectivity index (χ0) is 40.1. The molecule has 0 spiro atoms. The number of phenolic OH excluding ortho intramolecular Hbond substituents is 1. The summed E-state index contributed by atoms with van der Waals surface area (Å²) in [6, 6.07) is 31.7. The number of rotatable bonds is 10. The van der Waals surface area contributed by atoms with Crippen LogP contribution in [0.15, 0.2) is 91.0 Å². The third kappa shape index (κ3) is 10.3. The van der Waals surface area contributed by atoms with Crippen LogP contribution < -0.4 is 25.2 Å². The maximum absolute atomic E-state index is 11.9. The molecule has 3 N–H and O–H groups in total. The summed E-state index contributed by atoms with van der Waals surface area (Å²) in [5.41, 5.74) is 8.19. The number of fused-ring (bicyclic) bond motifs is 2. The fourth-order valence-corrected chi connectivity index (χ4v) is 8.50. The second-order valence-corrected chi connectivity index (χ2v) is 15.1. The lowest BCUT2D eigenvalue weighted by Gasteiger charge is -2.40. The number of phenols is 1. The molecule has 2 fully saturated rings. The maximum Gasteiger partial charge on any atom is 0.251 e. The summed E-state index contributed by atoms with van der Waals surface area (Å²) in [6.07, 6.45) is 4.86. The van der Waals surface area contributed by atoms with Gasteiger partial charge in [-0.25, -0.2) is 0 Å². The van der Waals surface area contributed by atoms with Gasteiger partial charge in [0.1, 0.15) is 17.8 Å². The average molecular weight is 774 g/mol. The van der Waals surface area contributed by atoms with Gasteiger partial charge in [0, 0.05) is 113 Å². The van der Waals surface area contributed by atoms with Crippen LogP contribution in [-0.2, 0) is 16.1 Å². The number of aromatic hydroxyl groups is 1. The number of aldehydes is 1.